The van der Waals surface area contributed by atoms with Crippen LogP contribution in [-0.4, -0.2) is 58.8 Å². The number of aliphatic hydroxyl groups excluding tert-OH is 1. The first-order valence-electron chi connectivity index (χ1n) is 12.8. The van der Waals surface area contributed by atoms with Gasteiger partial charge in [-0.3, -0.25) is 4.90 Å². The molecule has 0 saturated carbocycles. The Labute approximate surface area is 215 Å². The maximum Gasteiger partial charge on any atom is 0.222 e. The van der Waals surface area contributed by atoms with Gasteiger partial charge in [-0.2, -0.15) is 5.10 Å². The summed E-state index contributed by atoms with van der Waals surface area (Å²) in [4.78, 5) is 2.28. The third kappa shape index (κ3) is 7.32. The summed E-state index contributed by atoms with van der Waals surface area (Å²) in [6.07, 6.45) is 0.358. The first kappa shape index (κ1) is 27.7. The van der Waals surface area contributed by atoms with E-state index in [0.717, 1.165) is 23.2 Å². The molecule has 0 spiro atoms. The van der Waals surface area contributed by atoms with Crippen molar-refractivity contribution in [2.24, 2.45) is 13.0 Å². The zero-order valence-corrected chi connectivity index (χ0v) is 22.5. The Morgan fingerprint density at radius 1 is 0.972 bits per heavy atom. The van der Waals surface area contributed by atoms with Crippen LogP contribution in [-0.2, 0) is 18.3 Å². The number of ether oxygens (including phenoxy) is 3. The van der Waals surface area contributed by atoms with Crippen LogP contribution in [0.2, 0.25) is 0 Å². The van der Waals surface area contributed by atoms with Crippen LogP contribution < -0.4 is 9.47 Å². The second-order valence-corrected chi connectivity index (χ2v) is 9.65. The van der Waals surface area contributed by atoms with Crippen molar-refractivity contribution < 1.29 is 19.3 Å². The summed E-state index contributed by atoms with van der Waals surface area (Å²) in [6.45, 7) is 10.6. The largest absolute Gasteiger partial charge is 0.493 e. The number of aliphatic hydroxyl groups is 1. The quantitative estimate of drug-likeness (QED) is 0.318. The molecule has 0 bridgehead atoms. The molecule has 0 unspecified atom stereocenters. The highest BCUT2D eigenvalue weighted by Crippen LogP contribution is 2.37. The van der Waals surface area contributed by atoms with Gasteiger partial charge >= 0.3 is 0 Å². The average Bonchev–Trinajstić information content (AvgIpc) is 3.18. The van der Waals surface area contributed by atoms with E-state index in [-0.39, 0.29) is 6.04 Å². The zero-order chi connectivity index (χ0) is 26.1. The van der Waals surface area contributed by atoms with Gasteiger partial charge in [0.15, 0.2) is 11.5 Å². The predicted octanol–water partition coefficient (Wildman–Crippen LogP) is 5.52. The van der Waals surface area contributed by atoms with Crippen LogP contribution in [0.5, 0.6) is 17.4 Å². The van der Waals surface area contributed by atoms with E-state index in [1.807, 2.05) is 49.5 Å². The number of hydrogen-bond donors (Lipinski definition) is 1. The maximum atomic E-state index is 10.8. The molecular formula is C29H41N3O4. The summed E-state index contributed by atoms with van der Waals surface area (Å²) in [5.41, 5.74) is 2.84. The number of nitrogens with zero attached hydrogens (tertiary/aromatic N) is 3. The molecule has 3 rings (SSSR count). The number of hydrogen-bond acceptors (Lipinski definition) is 6. The van der Waals surface area contributed by atoms with E-state index in [1.54, 1.807) is 11.8 Å². The molecule has 0 aliphatic heterocycles. The van der Waals surface area contributed by atoms with E-state index in [0.29, 0.717) is 49.6 Å². The van der Waals surface area contributed by atoms with Gasteiger partial charge in [-0.1, -0.05) is 63.2 Å². The van der Waals surface area contributed by atoms with Crippen molar-refractivity contribution in [2.45, 2.75) is 52.8 Å². The highest BCUT2D eigenvalue weighted by Gasteiger charge is 2.26. The Balaban J connectivity index is 1.96. The zero-order valence-electron chi connectivity index (χ0n) is 22.5. The number of methoxy groups -OCH3 is 1. The molecule has 2 aromatic carbocycles. The summed E-state index contributed by atoms with van der Waals surface area (Å²) in [7, 11) is 3.53. The summed E-state index contributed by atoms with van der Waals surface area (Å²) < 4.78 is 19.5. The topological polar surface area (TPSA) is 69.0 Å². The van der Waals surface area contributed by atoms with E-state index in [1.165, 1.54) is 0 Å². The van der Waals surface area contributed by atoms with Gasteiger partial charge < -0.3 is 19.3 Å². The molecule has 196 valence electrons. The summed E-state index contributed by atoms with van der Waals surface area (Å²) in [5.74, 6) is 2.36. The fourth-order valence-electron chi connectivity index (χ4n) is 4.08. The molecule has 1 N–H and O–H groups in total. The Morgan fingerprint density at radius 3 is 2.28 bits per heavy atom. The second kappa shape index (κ2) is 13.4. The fourth-order valence-corrected chi connectivity index (χ4v) is 4.08. The van der Waals surface area contributed by atoms with Gasteiger partial charge in [0.25, 0.3) is 0 Å². The van der Waals surface area contributed by atoms with Crippen LogP contribution in [0.3, 0.4) is 0 Å². The Bertz CT molecular complexity index is 1070. The van der Waals surface area contributed by atoms with Gasteiger partial charge in [0.2, 0.25) is 5.88 Å². The fraction of sp³-hybridized carbons (Fsp3) is 0.483. The van der Waals surface area contributed by atoms with Crippen molar-refractivity contribution in [3.63, 3.8) is 0 Å². The summed E-state index contributed by atoms with van der Waals surface area (Å²) >= 11 is 0. The van der Waals surface area contributed by atoms with E-state index >= 15 is 0 Å². The SMILES string of the molecule is CC[C@H](C)N(Cc1c(-c2ccccc2)nn(C)c1Oc1ccccc1OC)C[C@H](O)COCC(C)C. The van der Waals surface area contributed by atoms with Crippen LogP contribution in [0.15, 0.2) is 54.6 Å². The minimum absolute atomic E-state index is 0.243. The normalized spacial score (nSPS) is 13.2. The van der Waals surface area contributed by atoms with Gasteiger partial charge in [0, 0.05) is 38.3 Å². The lowest BCUT2D eigenvalue weighted by atomic mass is 10.1. The molecule has 7 heteroatoms. The Kier molecular flexibility index (Phi) is 10.3. The van der Waals surface area contributed by atoms with Crippen LogP contribution >= 0.6 is 0 Å². The number of aromatic nitrogens is 2. The van der Waals surface area contributed by atoms with Crippen LogP contribution in [0.4, 0.5) is 0 Å². The van der Waals surface area contributed by atoms with E-state index in [9.17, 15) is 5.11 Å². The van der Waals surface area contributed by atoms with E-state index < -0.39 is 6.10 Å². The molecule has 3 aromatic rings. The molecule has 36 heavy (non-hydrogen) atoms. The van der Waals surface area contributed by atoms with Crippen LogP contribution in [0, 0.1) is 5.92 Å². The molecule has 0 aliphatic carbocycles. The summed E-state index contributed by atoms with van der Waals surface area (Å²) in [5, 5.41) is 15.6. The first-order chi connectivity index (χ1) is 17.3. The molecule has 0 saturated heterocycles. The van der Waals surface area contributed by atoms with E-state index in [2.05, 4.69) is 44.7 Å². The third-order valence-corrected chi connectivity index (χ3v) is 6.19. The highest BCUT2D eigenvalue weighted by molar-refractivity contribution is 5.66. The predicted molar refractivity (Wildman–Crippen MR) is 144 cm³/mol. The lowest BCUT2D eigenvalue weighted by molar-refractivity contribution is 0.0000398. The number of rotatable bonds is 14. The number of aryl methyl sites for hydroxylation is 1. The highest BCUT2D eigenvalue weighted by atomic mass is 16.5. The molecule has 0 radical (unpaired) electrons. The molecule has 1 heterocycles. The van der Waals surface area contributed by atoms with Crippen molar-refractivity contribution >= 4 is 0 Å². The standard InChI is InChI=1S/C29H41N3O4/c1-7-22(4)32(17-24(33)20-35-19-21(2)3)18-25-28(23-13-9-8-10-14-23)30-31(5)29(25)36-27-16-12-11-15-26(27)34-6/h8-16,21-22,24,33H,7,17-20H2,1-6H3/t22-,24-/m0/s1. The van der Waals surface area contributed by atoms with Gasteiger partial charge in [-0.15, -0.1) is 0 Å². The molecule has 7 nitrogen and oxygen atoms in total. The summed E-state index contributed by atoms with van der Waals surface area (Å²) in [6, 6.07) is 18.0. The molecule has 0 fully saturated rings. The number of para-hydroxylation sites is 2. The van der Waals surface area contributed by atoms with Crippen LogP contribution in [0.1, 0.15) is 39.7 Å². The lowest BCUT2D eigenvalue weighted by Gasteiger charge is -2.30. The average molecular weight is 496 g/mol. The second-order valence-electron chi connectivity index (χ2n) is 9.65. The van der Waals surface area contributed by atoms with Crippen molar-refractivity contribution in [1.29, 1.82) is 0 Å². The van der Waals surface area contributed by atoms with Gasteiger partial charge in [-0.25, -0.2) is 4.68 Å². The molecule has 0 aliphatic rings. The minimum Gasteiger partial charge on any atom is -0.493 e. The van der Waals surface area contributed by atoms with Gasteiger partial charge in [-0.05, 0) is 31.4 Å². The van der Waals surface area contributed by atoms with Crippen molar-refractivity contribution in [3.8, 4) is 28.6 Å². The molecular weight excluding hydrogens is 454 g/mol. The smallest absolute Gasteiger partial charge is 0.222 e. The van der Waals surface area contributed by atoms with Crippen LogP contribution in [0.25, 0.3) is 11.3 Å². The minimum atomic E-state index is -0.590. The van der Waals surface area contributed by atoms with Crippen molar-refractivity contribution in [1.82, 2.24) is 14.7 Å². The molecule has 1 aromatic heterocycles. The Hall–Kier alpha value is -2.87. The molecule has 2 atom stereocenters. The number of benzene rings is 2. The lowest BCUT2D eigenvalue weighted by Crippen LogP contribution is -2.40. The third-order valence-electron chi connectivity index (χ3n) is 6.19. The van der Waals surface area contributed by atoms with Crippen molar-refractivity contribution in [3.05, 3.63) is 60.2 Å². The van der Waals surface area contributed by atoms with Gasteiger partial charge in [0.05, 0.1) is 25.4 Å². The molecule has 0 amide bonds. The first-order valence-corrected chi connectivity index (χ1v) is 12.8. The monoisotopic (exact) mass is 495 g/mol. The van der Waals surface area contributed by atoms with Gasteiger partial charge in [0.1, 0.15) is 5.69 Å². The Morgan fingerprint density at radius 2 is 1.64 bits per heavy atom. The van der Waals surface area contributed by atoms with Crippen molar-refractivity contribution in [2.75, 3.05) is 26.9 Å². The van der Waals surface area contributed by atoms with E-state index in [4.69, 9.17) is 19.3 Å². The maximum absolute atomic E-state index is 10.8.